The maximum absolute atomic E-state index is 12.2. The second-order valence-electron chi connectivity index (χ2n) is 4.56. The molecule has 0 fully saturated rings. The fourth-order valence-electron chi connectivity index (χ4n) is 2.12. The van der Waals surface area contributed by atoms with Crippen molar-refractivity contribution in [3.63, 3.8) is 0 Å². The molecule has 2 aromatic heterocycles. The molecule has 0 atom stereocenters. The maximum Gasteiger partial charge on any atom is 0.262 e. The van der Waals surface area contributed by atoms with Gasteiger partial charge in [0.15, 0.2) is 0 Å². The zero-order chi connectivity index (χ0) is 14.8. The molecule has 0 spiro atoms. The van der Waals surface area contributed by atoms with E-state index >= 15 is 0 Å². The first-order valence-corrected chi connectivity index (χ1v) is 6.60. The van der Waals surface area contributed by atoms with Crippen LogP contribution in [0.15, 0.2) is 47.5 Å². The lowest BCUT2D eigenvalue weighted by atomic mass is 10.1. The smallest absolute Gasteiger partial charge is 0.262 e. The molecular weight excluding hydrogens is 268 g/mol. The summed E-state index contributed by atoms with van der Waals surface area (Å²) in [5, 5.41) is 14.2. The lowest BCUT2D eigenvalue weighted by molar-refractivity contribution is 0.454. The minimum atomic E-state index is -0.382. The molecule has 6 nitrogen and oxygen atoms in total. The molecule has 0 aliphatic rings. The van der Waals surface area contributed by atoms with Gasteiger partial charge in [0.1, 0.15) is 11.4 Å². The monoisotopic (exact) mass is 282 g/mol. The number of nitrogens with one attached hydrogen (secondary N) is 1. The largest absolute Gasteiger partial charge is 0.493 e. The number of aromatic nitrogens is 4. The Hall–Kier alpha value is -2.89. The van der Waals surface area contributed by atoms with Crippen molar-refractivity contribution in [2.75, 3.05) is 0 Å². The molecule has 6 heteroatoms. The first-order valence-electron chi connectivity index (χ1n) is 6.60. The Balaban J connectivity index is 2.10. The van der Waals surface area contributed by atoms with Crippen molar-refractivity contribution >= 4 is 0 Å². The predicted octanol–water partition coefficient (Wildman–Crippen LogP) is 2.03. The van der Waals surface area contributed by atoms with Crippen molar-refractivity contribution in [2.45, 2.75) is 13.5 Å². The van der Waals surface area contributed by atoms with E-state index in [1.54, 1.807) is 41.3 Å². The molecular formula is C15H14N4O2. The zero-order valence-corrected chi connectivity index (χ0v) is 11.4. The van der Waals surface area contributed by atoms with Crippen LogP contribution in [0.5, 0.6) is 5.88 Å². The molecule has 0 aliphatic heterocycles. The average Bonchev–Trinajstić information content (AvgIpc) is 2.96. The minimum Gasteiger partial charge on any atom is -0.493 e. The number of hydrogen-bond acceptors (Lipinski definition) is 4. The summed E-state index contributed by atoms with van der Waals surface area (Å²) < 4.78 is 1.72. The van der Waals surface area contributed by atoms with Crippen molar-refractivity contribution in [3.8, 4) is 28.4 Å². The molecule has 0 unspecified atom stereocenters. The van der Waals surface area contributed by atoms with Crippen molar-refractivity contribution in [2.24, 2.45) is 0 Å². The lowest BCUT2D eigenvalue weighted by Gasteiger charge is -2.04. The molecule has 0 saturated carbocycles. The highest BCUT2D eigenvalue weighted by molar-refractivity contribution is 5.68. The molecule has 21 heavy (non-hydrogen) atoms. The Bertz CT molecular complexity index is 821. The van der Waals surface area contributed by atoms with Crippen LogP contribution in [0, 0.1) is 0 Å². The number of aromatic hydroxyl groups is 1. The minimum absolute atomic E-state index is 0.169. The van der Waals surface area contributed by atoms with Crippen molar-refractivity contribution in [3.05, 3.63) is 53.1 Å². The Morgan fingerprint density at radius 2 is 2.00 bits per heavy atom. The van der Waals surface area contributed by atoms with E-state index in [9.17, 15) is 9.90 Å². The summed E-state index contributed by atoms with van der Waals surface area (Å²) in [5.74, 6) is 0.0149. The molecule has 1 aromatic carbocycles. The van der Waals surface area contributed by atoms with Gasteiger partial charge in [-0.3, -0.25) is 9.48 Å². The van der Waals surface area contributed by atoms with Crippen LogP contribution in [-0.4, -0.2) is 24.9 Å². The highest BCUT2D eigenvalue weighted by Crippen LogP contribution is 2.25. The van der Waals surface area contributed by atoms with Crippen LogP contribution < -0.4 is 5.56 Å². The van der Waals surface area contributed by atoms with Crippen LogP contribution in [0.2, 0.25) is 0 Å². The summed E-state index contributed by atoms with van der Waals surface area (Å²) >= 11 is 0. The molecule has 0 saturated heterocycles. The summed E-state index contributed by atoms with van der Waals surface area (Å²) in [4.78, 5) is 19.0. The van der Waals surface area contributed by atoms with E-state index in [0.29, 0.717) is 17.0 Å². The van der Waals surface area contributed by atoms with Gasteiger partial charge in [0.05, 0.1) is 11.8 Å². The summed E-state index contributed by atoms with van der Waals surface area (Å²) in [5.41, 5.74) is 1.07. The van der Waals surface area contributed by atoms with Crippen LogP contribution in [0.1, 0.15) is 6.92 Å². The van der Waals surface area contributed by atoms with Gasteiger partial charge >= 0.3 is 0 Å². The van der Waals surface area contributed by atoms with Gasteiger partial charge in [-0.15, -0.1) is 0 Å². The number of aromatic amines is 1. The van der Waals surface area contributed by atoms with E-state index in [1.165, 1.54) is 0 Å². The molecule has 2 N–H and O–H groups in total. The first kappa shape index (κ1) is 13.1. The van der Waals surface area contributed by atoms with E-state index in [-0.39, 0.29) is 17.0 Å². The topological polar surface area (TPSA) is 83.8 Å². The van der Waals surface area contributed by atoms with Crippen LogP contribution in [0.25, 0.3) is 22.5 Å². The summed E-state index contributed by atoms with van der Waals surface area (Å²) in [6.45, 7) is 2.68. The Kier molecular flexibility index (Phi) is 3.27. The summed E-state index contributed by atoms with van der Waals surface area (Å²) in [6, 6.07) is 8.94. The van der Waals surface area contributed by atoms with E-state index in [2.05, 4.69) is 15.1 Å². The van der Waals surface area contributed by atoms with Crippen molar-refractivity contribution in [1.29, 1.82) is 0 Å². The van der Waals surface area contributed by atoms with Crippen LogP contribution in [-0.2, 0) is 6.54 Å². The zero-order valence-electron chi connectivity index (χ0n) is 11.4. The second-order valence-corrected chi connectivity index (χ2v) is 4.56. The number of H-pyrrole nitrogens is 1. The van der Waals surface area contributed by atoms with E-state index in [0.717, 1.165) is 6.54 Å². The van der Waals surface area contributed by atoms with Gasteiger partial charge in [-0.1, -0.05) is 30.3 Å². The standard InChI is InChI=1S/C15H14N4O2/c1-2-19-9-11(8-16-19)13-17-14(20)12(15(21)18-13)10-6-4-3-5-7-10/h3-9H,2H2,1H3,(H2,17,18,20,21). The predicted molar refractivity (Wildman–Crippen MR) is 78.9 cm³/mol. The Morgan fingerprint density at radius 1 is 1.24 bits per heavy atom. The number of nitrogens with zero attached hydrogens (tertiary/aromatic N) is 3. The average molecular weight is 282 g/mol. The maximum atomic E-state index is 12.2. The first-order chi connectivity index (χ1) is 10.2. The molecule has 0 amide bonds. The van der Waals surface area contributed by atoms with Gasteiger partial charge in [0.25, 0.3) is 5.56 Å². The van der Waals surface area contributed by atoms with E-state index < -0.39 is 0 Å². The molecule has 106 valence electrons. The fraction of sp³-hybridized carbons (Fsp3) is 0.133. The Labute approximate surface area is 120 Å². The summed E-state index contributed by atoms with van der Waals surface area (Å²) in [7, 11) is 0. The highest BCUT2D eigenvalue weighted by Gasteiger charge is 2.14. The van der Waals surface area contributed by atoms with Crippen molar-refractivity contribution < 1.29 is 5.11 Å². The van der Waals surface area contributed by atoms with Gasteiger partial charge in [0, 0.05) is 12.7 Å². The van der Waals surface area contributed by atoms with Crippen LogP contribution >= 0.6 is 0 Å². The number of benzene rings is 1. The normalized spacial score (nSPS) is 10.7. The molecule has 2 heterocycles. The lowest BCUT2D eigenvalue weighted by Crippen LogP contribution is -2.11. The number of hydrogen-bond donors (Lipinski definition) is 2. The van der Waals surface area contributed by atoms with Crippen LogP contribution in [0.3, 0.4) is 0 Å². The molecule has 0 radical (unpaired) electrons. The third-order valence-corrected chi connectivity index (χ3v) is 3.19. The second kappa shape index (κ2) is 5.24. The molecule has 0 bridgehead atoms. The Morgan fingerprint density at radius 3 is 2.62 bits per heavy atom. The summed E-state index contributed by atoms with van der Waals surface area (Å²) in [6.07, 6.45) is 3.36. The van der Waals surface area contributed by atoms with Gasteiger partial charge < -0.3 is 10.1 Å². The van der Waals surface area contributed by atoms with Gasteiger partial charge in [-0.25, -0.2) is 0 Å². The van der Waals surface area contributed by atoms with Gasteiger partial charge in [-0.05, 0) is 12.5 Å². The fourth-order valence-corrected chi connectivity index (χ4v) is 2.12. The van der Waals surface area contributed by atoms with Crippen molar-refractivity contribution in [1.82, 2.24) is 19.7 Å². The van der Waals surface area contributed by atoms with Gasteiger partial charge in [-0.2, -0.15) is 10.1 Å². The number of aryl methyl sites for hydroxylation is 1. The van der Waals surface area contributed by atoms with Crippen LogP contribution in [0.4, 0.5) is 0 Å². The SMILES string of the molecule is CCn1cc(-c2nc(O)c(-c3ccccc3)c(=O)[nH]2)cn1. The quantitative estimate of drug-likeness (QED) is 0.769. The molecule has 3 rings (SSSR count). The van der Waals surface area contributed by atoms with E-state index in [1.807, 2.05) is 13.0 Å². The van der Waals surface area contributed by atoms with Gasteiger partial charge in [0.2, 0.25) is 5.88 Å². The number of rotatable bonds is 3. The molecule has 3 aromatic rings. The third kappa shape index (κ3) is 2.43. The highest BCUT2D eigenvalue weighted by atomic mass is 16.3. The molecule has 0 aliphatic carbocycles. The third-order valence-electron chi connectivity index (χ3n) is 3.19. The van der Waals surface area contributed by atoms with E-state index in [4.69, 9.17) is 0 Å².